The number of carbonyl (C=O) groups excluding carboxylic acids is 1. The molecule has 2 N–H and O–H groups in total. The summed E-state index contributed by atoms with van der Waals surface area (Å²) in [4.78, 5) is 14.1. The minimum Gasteiger partial charge on any atom is -0.465 e. The van der Waals surface area contributed by atoms with Crippen LogP contribution in [0.4, 0.5) is 11.4 Å². The van der Waals surface area contributed by atoms with E-state index in [-0.39, 0.29) is 5.97 Å². The van der Waals surface area contributed by atoms with Gasteiger partial charge in [0.15, 0.2) is 5.11 Å². The molecule has 1 aliphatic heterocycles. The van der Waals surface area contributed by atoms with Crippen molar-refractivity contribution in [3.05, 3.63) is 59.7 Å². The lowest BCUT2D eigenvalue weighted by atomic mass is 9.99. The Morgan fingerprint density at radius 2 is 2.04 bits per heavy atom. The van der Waals surface area contributed by atoms with Gasteiger partial charge >= 0.3 is 5.97 Å². The largest absolute Gasteiger partial charge is 0.465 e. The van der Waals surface area contributed by atoms with Gasteiger partial charge in [0.05, 0.1) is 12.7 Å². The van der Waals surface area contributed by atoms with Crippen molar-refractivity contribution in [2.75, 3.05) is 30.4 Å². The number of ether oxygens (including phenoxy) is 1. The molecule has 2 aromatic carbocycles. The molecule has 5 nitrogen and oxygen atoms in total. The van der Waals surface area contributed by atoms with Crippen LogP contribution in [0.2, 0.25) is 0 Å². The van der Waals surface area contributed by atoms with Crippen LogP contribution in [0.5, 0.6) is 0 Å². The number of methoxy groups -OCH3 is 1. The number of nitrogens with one attached hydrogen (secondary N) is 2. The highest BCUT2D eigenvalue weighted by Crippen LogP contribution is 2.23. The molecule has 0 aromatic heterocycles. The molecule has 1 heterocycles. The summed E-state index contributed by atoms with van der Waals surface area (Å²) < 4.78 is 4.74. The quantitative estimate of drug-likeness (QED) is 0.583. The van der Waals surface area contributed by atoms with Crippen molar-refractivity contribution in [3.63, 3.8) is 0 Å². The molecule has 6 heteroatoms. The van der Waals surface area contributed by atoms with Crippen LogP contribution in [-0.2, 0) is 11.3 Å². The fourth-order valence-corrected chi connectivity index (χ4v) is 3.64. The Morgan fingerprint density at radius 3 is 2.75 bits per heavy atom. The number of carbonyl (C=O) groups is 1. The molecule has 28 heavy (non-hydrogen) atoms. The van der Waals surface area contributed by atoms with Gasteiger partial charge in [0.25, 0.3) is 0 Å². The van der Waals surface area contributed by atoms with Gasteiger partial charge in [0.2, 0.25) is 0 Å². The Kier molecular flexibility index (Phi) is 6.87. The number of hydrogen-bond donors (Lipinski definition) is 2. The number of anilines is 2. The molecule has 148 valence electrons. The second kappa shape index (κ2) is 9.55. The van der Waals surface area contributed by atoms with E-state index in [2.05, 4.69) is 46.7 Å². The molecule has 2 aromatic rings. The first kappa shape index (κ1) is 20.1. The number of benzene rings is 2. The van der Waals surface area contributed by atoms with Gasteiger partial charge in [0, 0.05) is 31.0 Å². The lowest BCUT2D eigenvalue weighted by Crippen LogP contribution is -2.34. The summed E-state index contributed by atoms with van der Waals surface area (Å²) >= 11 is 5.37. The number of esters is 1. The monoisotopic (exact) mass is 397 g/mol. The molecule has 0 radical (unpaired) electrons. The van der Waals surface area contributed by atoms with Crippen molar-refractivity contribution >= 4 is 34.7 Å². The molecular weight excluding hydrogens is 370 g/mol. The minimum absolute atomic E-state index is 0.370. The summed E-state index contributed by atoms with van der Waals surface area (Å²) in [6, 6.07) is 15.7. The van der Waals surface area contributed by atoms with E-state index in [0.29, 0.717) is 17.2 Å². The van der Waals surface area contributed by atoms with E-state index < -0.39 is 0 Å². The second-order valence-electron chi connectivity index (χ2n) is 7.24. The number of nitrogens with zero attached hydrogens (tertiary/aromatic N) is 1. The van der Waals surface area contributed by atoms with Gasteiger partial charge in [-0.05, 0) is 66.9 Å². The van der Waals surface area contributed by atoms with Gasteiger partial charge in [-0.3, -0.25) is 0 Å². The number of rotatable bonds is 5. The predicted octanol–water partition coefficient (Wildman–Crippen LogP) is 4.20. The standard InChI is InChI=1S/C22H27N3O2S/c1-16-5-4-12-25(15-16)20-10-8-17(9-11-20)14-23-22(28)24-19-7-3-6-18(13-19)21(26)27-2/h3,6-11,13,16H,4-5,12,14-15H2,1-2H3,(H2,23,24,28)/t16-/m0/s1. The zero-order valence-electron chi connectivity index (χ0n) is 16.4. The third-order valence-corrected chi connectivity index (χ3v) is 5.20. The van der Waals surface area contributed by atoms with E-state index >= 15 is 0 Å². The summed E-state index contributed by atoms with van der Waals surface area (Å²) in [6.45, 7) is 5.23. The van der Waals surface area contributed by atoms with Crippen LogP contribution in [0.1, 0.15) is 35.7 Å². The van der Waals surface area contributed by atoms with Crippen LogP contribution >= 0.6 is 12.2 Å². The molecule has 0 amide bonds. The normalized spacial score (nSPS) is 16.4. The summed E-state index contributed by atoms with van der Waals surface area (Å²) in [5.74, 6) is 0.391. The fraction of sp³-hybridized carbons (Fsp3) is 0.364. The molecule has 1 saturated heterocycles. The molecule has 0 aliphatic carbocycles. The summed E-state index contributed by atoms with van der Waals surface area (Å²) in [5, 5.41) is 6.82. The minimum atomic E-state index is -0.370. The molecule has 0 bridgehead atoms. The van der Waals surface area contributed by atoms with E-state index in [1.54, 1.807) is 18.2 Å². The summed E-state index contributed by atoms with van der Waals surface area (Å²) in [5.41, 5.74) is 3.68. The maximum atomic E-state index is 11.6. The molecule has 3 rings (SSSR count). The van der Waals surface area contributed by atoms with Crippen molar-refractivity contribution in [1.82, 2.24) is 5.32 Å². The zero-order chi connectivity index (χ0) is 19.9. The lowest BCUT2D eigenvalue weighted by Gasteiger charge is -2.32. The Labute approximate surface area is 172 Å². The first-order valence-corrected chi connectivity index (χ1v) is 10.0. The Bertz CT molecular complexity index is 823. The van der Waals surface area contributed by atoms with Gasteiger partial charge in [0.1, 0.15) is 0 Å². The predicted molar refractivity (Wildman–Crippen MR) is 118 cm³/mol. The first-order valence-electron chi connectivity index (χ1n) is 9.62. The molecule has 1 aliphatic rings. The van der Waals surface area contributed by atoms with Crippen LogP contribution in [0.25, 0.3) is 0 Å². The molecule has 0 unspecified atom stereocenters. The maximum Gasteiger partial charge on any atom is 0.337 e. The highest BCUT2D eigenvalue weighted by atomic mass is 32.1. The van der Waals surface area contributed by atoms with Gasteiger partial charge in [-0.1, -0.05) is 25.1 Å². The maximum absolute atomic E-state index is 11.6. The van der Waals surface area contributed by atoms with Crippen molar-refractivity contribution < 1.29 is 9.53 Å². The van der Waals surface area contributed by atoms with Crippen LogP contribution in [0, 0.1) is 5.92 Å². The van der Waals surface area contributed by atoms with Crippen LogP contribution in [0.3, 0.4) is 0 Å². The zero-order valence-corrected chi connectivity index (χ0v) is 17.2. The SMILES string of the molecule is COC(=O)c1cccc(NC(=S)NCc2ccc(N3CCC[C@H](C)C3)cc2)c1. The average molecular weight is 398 g/mol. The van der Waals surface area contributed by atoms with E-state index in [9.17, 15) is 4.79 Å². The summed E-state index contributed by atoms with van der Waals surface area (Å²) in [7, 11) is 1.37. The lowest BCUT2D eigenvalue weighted by molar-refractivity contribution is 0.0601. The van der Waals surface area contributed by atoms with E-state index in [4.69, 9.17) is 17.0 Å². The molecule has 1 fully saturated rings. The van der Waals surface area contributed by atoms with Crippen molar-refractivity contribution in [3.8, 4) is 0 Å². The van der Waals surface area contributed by atoms with Crippen molar-refractivity contribution in [2.45, 2.75) is 26.3 Å². The van der Waals surface area contributed by atoms with Crippen molar-refractivity contribution in [1.29, 1.82) is 0 Å². The van der Waals surface area contributed by atoms with E-state index in [1.807, 2.05) is 6.07 Å². The number of thiocarbonyl (C=S) groups is 1. The second-order valence-corrected chi connectivity index (χ2v) is 7.65. The van der Waals surface area contributed by atoms with Gasteiger partial charge in [-0.15, -0.1) is 0 Å². The number of piperidine rings is 1. The molecule has 0 saturated carbocycles. The fourth-order valence-electron chi connectivity index (χ4n) is 3.45. The number of hydrogen-bond acceptors (Lipinski definition) is 4. The summed E-state index contributed by atoms with van der Waals surface area (Å²) in [6.07, 6.45) is 2.59. The van der Waals surface area contributed by atoms with E-state index in [1.165, 1.54) is 31.2 Å². The van der Waals surface area contributed by atoms with Gasteiger partial charge in [-0.25, -0.2) is 4.79 Å². The van der Waals surface area contributed by atoms with Gasteiger partial charge in [-0.2, -0.15) is 0 Å². The Balaban J connectivity index is 1.51. The highest BCUT2D eigenvalue weighted by molar-refractivity contribution is 7.80. The van der Waals surface area contributed by atoms with Crippen LogP contribution in [0.15, 0.2) is 48.5 Å². The first-order chi connectivity index (χ1) is 13.5. The van der Waals surface area contributed by atoms with E-state index in [0.717, 1.165) is 24.7 Å². The highest BCUT2D eigenvalue weighted by Gasteiger charge is 2.16. The van der Waals surface area contributed by atoms with Crippen LogP contribution < -0.4 is 15.5 Å². The van der Waals surface area contributed by atoms with Crippen LogP contribution in [-0.4, -0.2) is 31.3 Å². The molecular formula is C22H27N3O2S. The van der Waals surface area contributed by atoms with Crippen molar-refractivity contribution in [2.24, 2.45) is 5.92 Å². The topological polar surface area (TPSA) is 53.6 Å². The molecule has 0 spiro atoms. The Morgan fingerprint density at radius 1 is 1.25 bits per heavy atom. The Hall–Kier alpha value is -2.60. The van der Waals surface area contributed by atoms with Gasteiger partial charge < -0.3 is 20.3 Å². The third-order valence-electron chi connectivity index (χ3n) is 4.95. The third kappa shape index (κ3) is 5.45. The average Bonchev–Trinajstić information content (AvgIpc) is 2.72. The smallest absolute Gasteiger partial charge is 0.337 e. The molecule has 1 atom stereocenters.